The van der Waals surface area contributed by atoms with Gasteiger partial charge in [0.15, 0.2) is 11.9 Å². The molecule has 0 fully saturated rings. The summed E-state index contributed by atoms with van der Waals surface area (Å²) in [5.74, 6) is 0. The first-order valence-corrected chi connectivity index (χ1v) is 2.21. The third kappa shape index (κ3) is 0.868. The van der Waals surface area contributed by atoms with Crippen LogP contribution in [0.1, 0.15) is 5.69 Å². The summed E-state index contributed by atoms with van der Waals surface area (Å²) in [5.41, 5.74) is 0.261. The number of nitriles is 2. The van der Waals surface area contributed by atoms with Crippen LogP contribution in [0, 0.1) is 22.8 Å². The highest BCUT2D eigenvalue weighted by atomic mass is 15.0. The van der Waals surface area contributed by atoms with Crippen molar-refractivity contribution >= 4 is 0 Å². The van der Waals surface area contributed by atoms with Crippen LogP contribution in [0.4, 0.5) is 0 Å². The van der Waals surface area contributed by atoms with Gasteiger partial charge in [-0.1, -0.05) is 0 Å². The van der Waals surface area contributed by atoms with E-state index in [9.17, 15) is 0 Å². The molecule has 9 heavy (non-hydrogen) atoms. The van der Waals surface area contributed by atoms with Crippen LogP contribution in [0.2, 0.25) is 0 Å². The second kappa shape index (κ2) is 1.97. The zero-order chi connectivity index (χ0) is 6.69. The highest BCUT2D eigenvalue weighted by Gasteiger charge is 1.91. The monoisotopic (exact) mass is 118 g/mol. The second-order valence-electron chi connectivity index (χ2n) is 1.38. The third-order valence-electron chi connectivity index (χ3n) is 0.813. The highest BCUT2D eigenvalue weighted by molar-refractivity contribution is 5.16. The van der Waals surface area contributed by atoms with Gasteiger partial charge < -0.3 is 0 Å². The lowest BCUT2D eigenvalue weighted by atomic mass is 10.5. The minimum Gasteiger partial charge on any atom is -0.242 e. The van der Waals surface area contributed by atoms with Gasteiger partial charge in [0.2, 0.25) is 0 Å². The molecule has 0 aromatic carbocycles. The molecule has 0 aliphatic carbocycles. The molecule has 0 radical (unpaired) electrons. The quantitative estimate of drug-likeness (QED) is 0.484. The highest BCUT2D eigenvalue weighted by Crippen LogP contribution is 1.89. The molecule has 1 heterocycles. The van der Waals surface area contributed by atoms with Crippen molar-refractivity contribution in [3.8, 4) is 12.3 Å². The molecule has 0 saturated heterocycles. The minimum atomic E-state index is 0.261. The van der Waals surface area contributed by atoms with Gasteiger partial charge in [-0.05, 0) is 0 Å². The van der Waals surface area contributed by atoms with E-state index < -0.39 is 0 Å². The summed E-state index contributed by atoms with van der Waals surface area (Å²) >= 11 is 0. The second-order valence-corrected chi connectivity index (χ2v) is 1.38. The summed E-state index contributed by atoms with van der Waals surface area (Å²) in [6.07, 6.45) is 4.44. The lowest BCUT2D eigenvalue weighted by Crippen LogP contribution is -1.77. The molecule has 4 nitrogen and oxygen atoms in total. The van der Waals surface area contributed by atoms with Gasteiger partial charge in [0.1, 0.15) is 12.4 Å². The average Bonchev–Trinajstić information content (AvgIpc) is 2.34. The molecule has 0 amide bonds. The van der Waals surface area contributed by atoms with Crippen LogP contribution in [0.5, 0.6) is 0 Å². The van der Waals surface area contributed by atoms with Crippen molar-refractivity contribution in [2.45, 2.75) is 0 Å². The molecule has 0 bridgehead atoms. The van der Waals surface area contributed by atoms with E-state index in [1.807, 2.05) is 0 Å². The van der Waals surface area contributed by atoms with E-state index in [0.29, 0.717) is 0 Å². The van der Waals surface area contributed by atoms with Crippen LogP contribution >= 0.6 is 0 Å². The van der Waals surface area contributed by atoms with Gasteiger partial charge in [0.05, 0.1) is 6.20 Å². The molecular weight excluding hydrogens is 116 g/mol. The Kier molecular flexibility index (Phi) is 1.17. The maximum absolute atomic E-state index is 8.21. The van der Waals surface area contributed by atoms with Crippen LogP contribution in [-0.2, 0) is 0 Å². The molecule has 1 rings (SSSR count). The molecule has 0 atom stereocenters. The van der Waals surface area contributed by atoms with Crippen molar-refractivity contribution in [3.63, 3.8) is 0 Å². The summed E-state index contributed by atoms with van der Waals surface area (Å²) in [5, 5.41) is 16.4. The fraction of sp³-hybridized carbons (Fsp3) is 0. The lowest BCUT2D eigenvalue weighted by molar-refractivity contribution is 1.08. The van der Waals surface area contributed by atoms with E-state index in [2.05, 4.69) is 4.98 Å². The predicted molar refractivity (Wildman–Crippen MR) is 28.0 cm³/mol. The van der Waals surface area contributed by atoms with Gasteiger partial charge in [0.25, 0.3) is 0 Å². The summed E-state index contributed by atoms with van der Waals surface area (Å²) in [7, 11) is 0. The number of nitrogens with zero attached hydrogens (tertiary/aromatic N) is 4. The molecule has 0 aliphatic heterocycles. The van der Waals surface area contributed by atoms with Gasteiger partial charge in [-0.2, -0.15) is 10.5 Å². The van der Waals surface area contributed by atoms with Crippen molar-refractivity contribution < 1.29 is 0 Å². The van der Waals surface area contributed by atoms with Crippen molar-refractivity contribution in [1.82, 2.24) is 9.55 Å². The van der Waals surface area contributed by atoms with Crippen LogP contribution in [0.15, 0.2) is 12.5 Å². The Hall–Kier alpha value is -1.81. The number of aromatic nitrogens is 2. The largest absolute Gasteiger partial charge is 0.242 e. The molecule has 1 aromatic heterocycles. The number of imidazole rings is 1. The third-order valence-corrected chi connectivity index (χ3v) is 0.813. The Balaban J connectivity index is 3.08. The van der Waals surface area contributed by atoms with Crippen LogP contribution in [0.3, 0.4) is 0 Å². The first kappa shape index (κ1) is 5.33. The molecule has 0 spiro atoms. The van der Waals surface area contributed by atoms with Crippen molar-refractivity contribution in [2.75, 3.05) is 0 Å². The Morgan fingerprint density at radius 3 is 2.67 bits per heavy atom. The Labute approximate surface area is 51.6 Å². The molecular formula is C5H2N4. The molecule has 1 aromatic rings. The summed E-state index contributed by atoms with van der Waals surface area (Å²) in [4.78, 5) is 3.58. The van der Waals surface area contributed by atoms with E-state index in [0.717, 1.165) is 0 Å². The predicted octanol–water partition coefficient (Wildman–Crippen LogP) is 0.0840. The minimum absolute atomic E-state index is 0.261. The molecule has 4 heteroatoms. The summed E-state index contributed by atoms with van der Waals surface area (Å²) in [6, 6.07) is 1.80. The fourth-order valence-corrected chi connectivity index (χ4v) is 0.435. The molecule has 0 unspecified atom stereocenters. The van der Waals surface area contributed by atoms with E-state index in [4.69, 9.17) is 10.5 Å². The lowest BCUT2D eigenvalue weighted by Gasteiger charge is -1.72. The molecule has 0 aliphatic rings. The Morgan fingerprint density at radius 1 is 1.56 bits per heavy atom. The van der Waals surface area contributed by atoms with Gasteiger partial charge >= 0.3 is 0 Å². The number of hydrogen-bond acceptors (Lipinski definition) is 3. The van der Waals surface area contributed by atoms with Crippen molar-refractivity contribution in [2.24, 2.45) is 0 Å². The standard InChI is InChI=1S/C5H2N4/c6-1-5-2-9(3-7)4-8-5/h2,4H. The van der Waals surface area contributed by atoms with Crippen LogP contribution < -0.4 is 0 Å². The Bertz CT molecular complexity index is 256. The zero-order valence-electron chi connectivity index (χ0n) is 4.44. The van der Waals surface area contributed by atoms with E-state index in [-0.39, 0.29) is 5.69 Å². The van der Waals surface area contributed by atoms with Gasteiger partial charge in [-0.25, -0.2) is 9.55 Å². The summed E-state index contributed by atoms with van der Waals surface area (Å²) < 4.78 is 1.17. The van der Waals surface area contributed by atoms with Gasteiger partial charge in [-0.15, -0.1) is 0 Å². The molecule has 0 saturated carbocycles. The van der Waals surface area contributed by atoms with Crippen molar-refractivity contribution in [3.05, 3.63) is 18.2 Å². The zero-order valence-corrected chi connectivity index (χ0v) is 4.44. The Morgan fingerprint density at radius 2 is 2.33 bits per heavy atom. The topological polar surface area (TPSA) is 65.4 Å². The smallest absolute Gasteiger partial charge is 0.189 e. The maximum atomic E-state index is 8.21. The number of rotatable bonds is 0. The van der Waals surface area contributed by atoms with Gasteiger partial charge in [0, 0.05) is 0 Å². The fourth-order valence-electron chi connectivity index (χ4n) is 0.435. The van der Waals surface area contributed by atoms with Crippen LogP contribution in [-0.4, -0.2) is 9.55 Å². The maximum Gasteiger partial charge on any atom is 0.189 e. The molecule has 42 valence electrons. The first-order chi connectivity index (χ1) is 4.36. The van der Waals surface area contributed by atoms with E-state index in [1.54, 1.807) is 12.3 Å². The molecule has 0 N–H and O–H groups in total. The summed E-state index contributed by atoms with van der Waals surface area (Å²) in [6.45, 7) is 0. The van der Waals surface area contributed by atoms with Crippen LogP contribution in [0.25, 0.3) is 0 Å². The first-order valence-electron chi connectivity index (χ1n) is 2.21. The average molecular weight is 118 g/mol. The SMILES string of the molecule is N#Cc1cn(C#N)cn1. The number of hydrogen-bond donors (Lipinski definition) is 0. The van der Waals surface area contributed by atoms with E-state index in [1.165, 1.54) is 17.1 Å². The van der Waals surface area contributed by atoms with E-state index >= 15 is 0 Å². The van der Waals surface area contributed by atoms with Gasteiger partial charge in [-0.3, -0.25) is 0 Å². The van der Waals surface area contributed by atoms with Crippen molar-refractivity contribution in [1.29, 1.82) is 10.5 Å². The normalized spacial score (nSPS) is 7.78.